The number of hydrogen-bond donors (Lipinski definition) is 1. The Bertz CT molecular complexity index is 662. The van der Waals surface area contributed by atoms with Crippen LogP contribution in [-0.2, 0) is 9.53 Å². The van der Waals surface area contributed by atoms with Gasteiger partial charge in [-0.3, -0.25) is 9.69 Å². The van der Waals surface area contributed by atoms with E-state index < -0.39 is 11.8 Å². The summed E-state index contributed by atoms with van der Waals surface area (Å²) < 4.78 is 7.39. The first kappa shape index (κ1) is 13.5. The number of carbonyl (C=O) groups is 1. The highest BCUT2D eigenvalue weighted by atomic mass is 79.9. The number of halogens is 1. The summed E-state index contributed by atoms with van der Waals surface area (Å²) >= 11 is 3.45. The summed E-state index contributed by atoms with van der Waals surface area (Å²) in [5, 5.41) is 10.4. The minimum Gasteiger partial charge on any atom is -0.390 e. The van der Waals surface area contributed by atoms with E-state index in [1.54, 1.807) is 0 Å². The number of amides is 1. The Morgan fingerprint density at radius 1 is 1.36 bits per heavy atom. The number of nitrogens with zero attached hydrogens (tertiary/aromatic N) is 1. The molecule has 2 heterocycles. The van der Waals surface area contributed by atoms with Crippen LogP contribution in [0, 0.1) is 23.7 Å². The molecule has 2 saturated carbocycles. The number of anilines is 1. The lowest BCUT2D eigenvalue weighted by Gasteiger charge is -2.38. The minimum absolute atomic E-state index is 0.0673. The van der Waals surface area contributed by atoms with E-state index in [-0.39, 0.29) is 29.8 Å². The third kappa shape index (κ3) is 1.31. The van der Waals surface area contributed by atoms with Crippen LogP contribution in [0.4, 0.5) is 5.69 Å². The van der Waals surface area contributed by atoms with Crippen LogP contribution in [-0.4, -0.2) is 28.9 Å². The fourth-order valence-electron chi connectivity index (χ4n) is 5.70. The van der Waals surface area contributed by atoms with E-state index in [9.17, 15) is 9.90 Å². The van der Waals surface area contributed by atoms with Crippen LogP contribution in [0.25, 0.3) is 0 Å². The van der Waals surface area contributed by atoms with Gasteiger partial charge < -0.3 is 9.84 Å². The Morgan fingerprint density at radius 2 is 2.09 bits per heavy atom. The number of hydrogen-bond acceptors (Lipinski definition) is 3. The Labute approximate surface area is 137 Å². The first-order chi connectivity index (χ1) is 10.6. The van der Waals surface area contributed by atoms with Crippen LogP contribution in [0.2, 0.25) is 0 Å². The molecule has 1 N–H and O–H groups in total. The molecule has 0 aromatic heterocycles. The van der Waals surface area contributed by atoms with Gasteiger partial charge in [0.25, 0.3) is 0 Å². The van der Waals surface area contributed by atoms with Gasteiger partial charge in [0, 0.05) is 16.1 Å². The van der Waals surface area contributed by atoms with Gasteiger partial charge in [0.15, 0.2) is 5.72 Å². The molecule has 1 aromatic carbocycles. The standard InChI is InChI=1S/C17H18BrNO3/c1-2-17-13-11-7-10(14(20)15(11)22-17)12(13)16(21)19(17)9-5-3-8(18)4-6-9/h3-6,10-15,20H,2,7H2,1H3/t10-,11-,12-,13+,14+,15-,17-/m0/s1. The number of carbonyl (C=O) groups excluding carboxylic acids is 1. The van der Waals surface area contributed by atoms with E-state index in [0.717, 1.165) is 23.0 Å². The van der Waals surface area contributed by atoms with Crippen molar-refractivity contribution in [3.8, 4) is 0 Å². The van der Waals surface area contributed by atoms with E-state index in [0.29, 0.717) is 5.92 Å². The first-order valence-electron chi connectivity index (χ1n) is 8.04. The van der Waals surface area contributed by atoms with Crippen LogP contribution < -0.4 is 4.90 Å². The molecule has 0 unspecified atom stereocenters. The van der Waals surface area contributed by atoms with E-state index >= 15 is 0 Å². The van der Waals surface area contributed by atoms with Gasteiger partial charge in [-0.15, -0.1) is 0 Å². The summed E-state index contributed by atoms with van der Waals surface area (Å²) in [4.78, 5) is 15.0. The Balaban J connectivity index is 1.66. The molecule has 2 aliphatic heterocycles. The van der Waals surface area contributed by atoms with E-state index in [2.05, 4.69) is 22.9 Å². The van der Waals surface area contributed by atoms with Crippen LogP contribution >= 0.6 is 15.9 Å². The minimum atomic E-state index is -0.558. The highest BCUT2D eigenvalue weighted by Crippen LogP contribution is 2.68. The maximum atomic E-state index is 13.1. The summed E-state index contributed by atoms with van der Waals surface area (Å²) in [7, 11) is 0. The monoisotopic (exact) mass is 363 g/mol. The molecule has 2 aliphatic carbocycles. The second-order valence-corrected chi connectivity index (χ2v) is 7.95. The number of benzene rings is 1. The highest BCUT2D eigenvalue weighted by Gasteiger charge is 2.77. The lowest BCUT2D eigenvalue weighted by atomic mass is 9.76. The number of aliphatic hydroxyl groups is 1. The molecular weight excluding hydrogens is 346 g/mol. The van der Waals surface area contributed by atoms with E-state index in [1.165, 1.54) is 0 Å². The van der Waals surface area contributed by atoms with Gasteiger partial charge >= 0.3 is 0 Å². The summed E-state index contributed by atoms with van der Waals surface area (Å²) in [5.41, 5.74) is 0.343. The predicted octanol–water partition coefficient (Wildman–Crippen LogP) is 2.54. The molecule has 5 rings (SSSR count). The molecule has 4 aliphatic rings. The van der Waals surface area contributed by atoms with Crippen molar-refractivity contribution in [2.75, 3.05) is 4.90 Å². The predicted molar refractivity (Wildman–Crippen MR) is 84.1 cm³/mol. The summed E-state index contributed by atoms with van der Waals surface area (Å²) in [6.45, 7) is 2.09. The van der Waals surface area contributed by atoms with Crippen molar-refractivity contribution in [2.45, 2.75) is 37.7 Å². The summed E-state index contributed by atoms with van der Waals surface area (Å²) in [5.74, 6) is 0.740. The average molecular weight is 364 g/mol. The van der Waals surface area contributed by atoms with Gasteiger partial charge in [-0.05, 0) is 48.9 Å². The topological polar surface area (TPSA) is 49.8 Å². The van der Waals surface area contributed by atoms with E-state index in [1.807, 2.05) is 29.2 Å². The van der Waals surface area contributed by atoms with E-state index in [4.69, 9.17) is 4.74 Å². The van der Waals surface area contributed by atoms with Gasteiger partial charge in [0.2, 0.25) is 5.91 Å². The molecule has 1 aromatic rings. The van der Waals surface area contributed by atoms with Gasteiger partial charge in [0.05, 0.1) is 18.1 Å². The highest BCUT2D eigenvalue weighted by molar-refractivity contribution is 9.10. The zero-order valence-corrected chi connectivity index (χ0v) is 13.9. The molecule has 2 bridgehead atoms. The lowest BCUT2D eigenvalue weighted by Crippen LogP contribution is -2.50. The number of rotatable bonds is 2. The molecule has 4 fully saturated rings. The van der Waals surface area contributed by atoms with Crippen LogP contribution in [0.1, 0.15) is 19.8 Å². The van der Waals surface area contributed by atoms with Crippen molar-refractivity contribution in [3.05, 3.63) is 28.7 Å². The summed E-state index contributed by atoms with van der Waals surface area (Å²) in [6.07, 6.45) is 1.17. The molecule has 7 atom stereocenters. The third-order valence-corrected chi connectivity index (χ3v) is 6.92. The van der Waals surface area contributed by atoms with Gasteiger partial charge in [-0.2, -0.15) is 0 Å². The van der Waals surface area contributed by atoms with Crippen LogP contribution in [0.15, 0.2) is 28.7 Å². The maximum Gasteiger partial charge on any atom is 0.233 e. The third-order valence-electron chi connectivity index (χ3n) is 6.39. The number of ether oxygens (including phenoxy) is 1. The Hall–Kier alpha value is -0.910. The molecular formula is C17H18BrNO3. The molecule has 1 amide bonds. The lowest BCUT2D eigenvalue weighted by molar-refractivity contribution is -0.133. The molecule has 0 radical (unpaired) electrons. The Morgan fingerprint density at radius 3 is 2.77 bits per heavy atom. The quantitative estimate of drug-likeness (QED) is 0.878. The molecule has 5 heteroatoms. The van der Waals surface area contributed by atoms with Crippen molar-refractivity contribution in [2.24, 2.45) is 23.7 Å². The van der Waals surface area contributed by atoms with Crippen LogP contribution in [0.3, 0.4) is 0 Å². The molecule has 0 spiro atoms. The van der Waals surface area contributed by atoms with Crippen molar-refractivity contribution in [1.82, 2.24) is 0 Å². The SMILES string of the molecule is CC[C@]12O[C@@H]3[C@H](O)[C@H]4C[C@H]3[C@@H]1[C@H]4C(=O)N2c1ccc(Br)cc1. The van der Waals surface area contributed by atoms with Crippen molar-refractivity contribution in [3.63, 3.8) is 0 Å². The zero-order chi connectivity index (χ0) is 15.2. The fourth-order valence-corrected chi connectivity index (χ4v) is 5.97. The smallest absolute Gasteiger partial charge is 0.233 e. The van der Waals surface area contributed by atoms with Crippen molar-refractivity contribution < 1.29 is 14.6 Å². The molecule has 2 saturated heterocycles. The molecule has 116 valence electrons. The number of aliphatic hydroxyl groups excluding tert-OH is 1. The van der Waals surface area contributed by atoms with Crippen LogP contribution in [0.5, 0.6) is 0 Å². The number of fused-ring (bicyclic) bond motifs is 2. The zero-order valence-electron chi connectivity index (χ0n) is 12.3. The van der Waals surface area contributed by atoms with Gasteiger partial charge in [-0.1, -0.05) is 22.9 Å². The second kappa shape index (κ2) is 4.13. The maximum absolute atomic E-state index is 13.1. The molecule has 4 nitrogen and oxygen atoms in total. The van der Waals surface area contributed by atoms with Gasteiger partial charge in [-0.25, -0.2) is 0 Å². The molecule has 22 heavy (non-hydrogen) atoms. The van der Waals surface area contributed by atoms with Crippen molar-refractivity contribution >= 4 is 27.5 Å². The fraction of sp³-hybridized carbons (Fsp3) is 0.588. The van der Waals surface area contributed by atoms with Crippen molar-refractivity contribution in [1.29, 1.82) is 0 Å². The average Bonchev–Trinajstić information content (AvgIpc) is 3.17. The second-order valence-electron chi connectivity index (χ2n) is 7.04. The summed E-state index contributed by atoms with van der Waals surface area (Å²) in [6, 6.07) is 7.86. The van der Waals surface area contributed by atoms with Gasteiger partial charge in [0.1, 0.15) is 0 Å². The Kier molecular flexibility index (Phi) is 2.54. The normalized spacial score (nSPS) is 47.8. The first-order valence-corrected chi connectivity index (χ1v) is 8.83. The largest absolute Gasteiger partial charge is 0.390 e.